The van der Waals surface area contributed by atoms with Crippen molar-refractivity contribution in [1.29, 1.82) is 0 Å². The molecule has 1 aliphatic rings. The Hall–Kier alpha value is -0.460. The van der Waals surface area contributed by atoms with Crippen molar-refractivity contribution in [3.8, 4) is 0 Å². The largest absolute Gasteiger partial charge is 0.394 e. The maximum absolute atomic E-state index is 9.87. The van der Waals surface area contributed by atoms with Crippen LogP contribution in [0.3, 0.4) is 0 Å². The molecule has 0 aromatic rings. The molecular formula is C24H46O5. The fraction of sp³-hybridized carbons (Fsp3) is 0.917. The van der Waals surface area contributed by atoms with Crippen molar-refractivity contribution in [2.75, 3.05) is 19.8 Å². The van der Waals surface area contributed by atoms with E-state index in [2.05, 4.69) is 13.0 Å². The van der Waals surface area contributed by atoms with E-state index in [-0.39, 0.29) is 6.61 Å². The molecule has 0 saturated carbocycles. The molecule has 0 aromatic heterocycles. The second-order valence-corrected chi connectivity index (χ2v) is 8.42. The summed E-state index contributed by atoms with van der Waals surface area (Å²) in [4.78, 5) is 0. The number of aliphatic hydroxyl groups excluding tert-OH is 3. The average molecular weight is 415 g/mol. The molecule has 0 unspecified atom stereocenters. The number of hydrogen-bond donors (Lipinski definition) is 3. The molecule has 5 heteroatoms. The van der Waals surface area contributed by atoms with Gasteiger partial charge >= 0.3 is 0 Å². The summed E-state index contributed by atoms with van der Waals surface area (Å²) >= 11 is 0. The Labute approximate surface area is 178 Å². The van der Waals surface area contributed by atoms with Crippen LogP contribution in [0.5, 0.6) is 0 Å². The van der Waals surface area contributed by atoms with Crippen LogP contribution in [0, 0.1) is 0 Å². The molecule has 3 N–H and O–H groups in total. The maximum atomic E-state index is 9.87. The zero-order chi connectivity index (χ0) is 21.2. The number of rotatable bonds is 19. The zero-order valence-electron chi connectivity index (χ0n) is 18.6. The molecule has 0 bridgehead atoms. The molecule has 172 valence electrons. The molecule has 1 saturated heterocycles. The molecule has 29 heavy (non-hydrogen) atoms. The molecule has 1 rings (SSSR count). The lowest BCUT2D eigenvalue weighted by Crippen LogP contribution is -2.42. The fourth-order valence-electron chi connectivity index (χ4n) is 3.89. The Morgan fingerprint density at radius 1 is 0.897 bits per heavy atom. The van der Waals surface area contributed by atoms with E-state index in [9.17, 15) is 10.2 Å². The normalized spacial score (nSPS) is 23.2. The first-order chi connectivity index (χ1) is 14.2. The quantitative estimate of drug-likeness (QED) is 0.214. The molecular weight excluding hydrogens is 368 g/mol. The van der Waals surface area contributed by atoms with Crippen molar-refractivity contribution in [2.45, 2.75) is 121 Å². The van der Waals surface area contributed by atoms with Crippen molar-refractivity contribution in [1.82, 2.24) is 0 Å². The van der Waals surface area contributed by atoms with Gasteiger partial charge in [0.05, 0.1) is 19.8 Å². The first-order valence-corrected chi connectivity index (χ1v) is 12.1. The van der Waals surface area contributed by atoms with Gasteiger partial charge in [-0.3, -0.25) is 0 Å². The van der Waals surface area contributed by atoms with Crippen molar-refractivity contribution < 1.29 is 24.8 Å². The summed E-state index contributed by atoms with van der Waals surface area (Å²) in [7, 11) is 0. The Kier molecular flexibility index (Phi) is 16.8. The number of unbranched alkanes of at least 4 members (excludes halogenated alkanes) is 13. The van der Waals surface area contributed by atoms with Gasteiger partial charge < -0.3 is 24.8 Å². The molecule has 5 nitrogen and oxygen atoms in total. The Morgan fingerprint density at radius 2 is 1.45 bits per heavy atom. The highest BCUT2D eigenvalue weighted by Gasteiger charge is 2.40. The topological polar surface area (TPSA) is 79.2 Å². The van der Waals surface area contributed by atoms with Crippen LogP contribution in [-0.2, 0) is 9.47 Å². The summed E-state index contributed by atoms with van der Waals surface area (Å²) in [6, 6.07) is 0. The van der Waals surface area contributed by atoms with Crippen molar-refractivity contribution >= 4 is 0 Å². The molecule has 0 spiro atoms. The third-order valence-electron chi connectivity index (χ3n) is 5.75. The lowest BCUT2D eigenvalue weighted by molar-refractivity contribution is -0.0879. The Bertz CT molecular complexity index is 387. The Morgan fingerprint density at radius 3 is 2.00 bits per heavy atom. The Balaban J connectivity index is 1.88. The van der Waals surface area contributed by atoms with Gasteiger partial charge in [0, 0.05) is 0 Å². The molecule has 1 heterocycles. The zero-order valence-corrected chi connectivity index (χ0v) is 18.6. The van der Waals surface area contributed by atoms with Gasteiger partial charge in [-0.25, -0.2) is 0 Å². The van der Waals surface area contributed by atoms with Crippen molar-refractivity contribution in [2.24, 2.45) is 0 Å². The third kappa shape index (κ3) is 12.7. The lowest BCUT2D eigenvalue weighted by Gasteiger charge is -2.23. The van der Waals surface area contributed by atoms with Crippen LogP contribution in [0.4, 0.5) is 0 Å². The summed E-state index contributed by atoms with van der Waals surface area (Å²) in [6.07, 6.45) is 19.9. The van der Waals surface area contributed by atoms with Crippen LogP contribution in [0.15, 0.2) is 12.2 Å². The summed E-state index contributed by atoms with van der Waals surface area (Å²) in [5.74, 6) is 0. The molecule has 1 aliphatic heterocycles. The van der Waals surface area contributed by atoms with Gasteiger partial charge in [0.2, 0.25) is 0 Å². The van der Waals surface area contributed by atoms with E-state index >= 15 is 0 Å². The van der Waals surface area contributed by atoms with Gasteiger partial charge in [-0.15, -0.1) is 0 Å². The van der Waals surface area contributed by atoms with Gasteiger partial charge in [-0.2, -0.15) is 0 Å². The SMILES string of the molecule is CCCCCCCCCCCCCCC/C=C/CO[C@H]1[C@@H]([C@@H](O)CO)OC[C@H]1O. The van der Waals surface area contributed by atoms with Gasteiger partial charge in [0.15, 0.2) is 0 Å². The average Bonchev–Trinajstić information content (AvgIpc) is 3.10. The van der Waals surface area contributed by atoms with E-state index < -0.39 is 31.0 Å². The van der Waals surface area contributed by atoms with Crippen molar-refractivity contribution in [3.63, 3.8) is 0 Å². The van der Waals surface area contributed by atoms with E-state index in [1.54, 1.807) is 0 Å². The molecule has 1 fully saturated rings. The van der Waals surface area contributed by atoms with Crippen LogP contribution in [0.1, 0.15) is 96.8 Å². The highest BCUT2D eigenvalue weighted by Crippen LogP contribution is 2.21. The van der Waals surface area contributed by atoms with Crippen LogP contribution in [0.25, 0.3) is 0 Å². The second kappa shape index (κ2) is 18.3. The van der Waals surface area contributed by atoms with Gasteiger partial charge in [-0.05, 0) is 12.8 Å². The highest BCUT2D eigenvalue weighted by atomic mass is 16.6. The smallest absolute Gasteiger partial charge is 0.115 e. The molecule has 0 radical (unpaired) electrons. The van der Waals surface area contributed by atoms with Crippen LogP contribution in [-0.4, -0.2) is 59.6 Å². The third-order valence-corrected chi connectivity index (χ3v) is 5.75. The first-order valence-electron chi connectivity index (χ1n) is 12.1. The molecule has 0 aromatic carbocycles. The van der Waals surface area contributed by atoms with Gasteiger partial charge in [0.25, 0.3) is 0 Å². The summed E-state index contributed by atoms with van der Waals surface area (Å²) < 4.78 is 10.9. The predicted molar refractivity (Wildman–Crippen MR) is 118 cm³/mol. The van der Waals surface area contributed by atoms with Crippen LogP contribution in [0.2, 0.25) is 0 Å². The fourth-order valence-corrected chi connectivity index (χ4v) is 3.89. The summed E-state index contributed by atoms with van der Waals surface area (Å²) in [5, 5.41) is 28.6. The standard InChI is InChI=1S/C24H46O5/c1-2-3-4-5-6-7-8-9-10-11-12-13-14-15-16-17-18-28-24-22(27)20-29-23(24)21(26)19-25/h16-17,21-27H,2-15,18-20H2,1H3/b17-16+/t21-,22+,23+,24+/m0/s1. The number of aliphatic hydroxyl groups is 3. The highest BCUT2D eigenvalue weighted by molar-refractivity contribution is 4.91. The second-order valence-electron chi connectivity index (χ2n) is 8.42. The monoisotopic (exact) mass is 414 g/mol. The van der Waals surface area contributed by atoms with Gasteiger partial charge in [-0.1, -0.05) is 96.1 Å². The molecule has 4 atom stereocenters. The number of ether oxygens (including phenoxy) is 2. The number of allylic oxidation sites excluding steroid dienone is 1. The summed E-state index contributed by atoms with van der Waals surface area (Å²) in [5.41, 5.74) is 0. The van der Waals surface area contributed by atoms with E-state index in [1.165, 1.54) is 83.5 Å². The number of hydrogen-bond acceptors (Lipinski definition) is 5. The minimum absolute atomic E-state index is 0.134. The van der Waals surface area contributed by atoms with E-state index in [0.29, 0.717) is 6.61 Å². The van der Waals surface area contributed by atoms with E-state index in [0.717, 1.165) is 6.42 Å². The summed E-state index contributed by atoms with van der Waals surface area (Å²) in [6.45, 7) is 2.39. The minimum Gasteiger partial charge on any atom is -0.394 e. The predicted octanol–water partition coefficient (Wildman–Crippen LogP) is 4.52. The minimum atomic E-state index is -1.02. The first kappa shape index (κ1) is 26.6. The van der Waals surface area contributed by atoms with E-state index in [4.69, 9.17) is 14.6 Å². The van der Waals surface area contributed by atoms with Gasteiger partial charge in [0.1, 0.15) is 24.4 Å². The maximum Gasteiger partial charge on any atom is 0.115 e. The molecule has 0 aliphatic carbocycles. The van der Waals surface area contributed by atoms with Crippen LogP contribution >= 0.6 is 0 Å². The van der Waals surface area contributed by atoms with E-state index in [1.807, 2.05) is 6.08 Å². The lowest BCUT2D eigenvalue weighted by atomic mass is 10.0. The van der Waals surface area contributed by atoms with Crippen LogP contribution < -0.4 is 0 Å². The molecule has 0 amide bonds. The van der Waals surface area contributed by atoms with Crippen molar-refractivity contribution in [3.05, 3.63) is 12.2 Å².